The molecule has 174 valence electrons. The summed E-state index contributed by atoms with van der Waals surface area (Å²) in [7, 11) is 2.85. The van der Waals surface area contributed by atoms with Crippen molar-refractivity contribution in [3.8, 4) is 17.2 Å². The van der Waals surface area contributed by atoms with Gasteiger partial charge in [0.15, 0.2) is 0 Å². The third kappa shape index (κ3) is 3.84. The maximum atomic E-state index is 13.3. The fourth-order valence-corrected chi connectivity index (χ4v) is 4.32. The second kappa shape index (κ2) is 9.11. The number of benzene rings is 3. The molecule has 1 amide bonds. The number of ether oxygens (including phenoxy) is 2. The minimum absolute atomic E-state index is 0.0280. The van der Waals surface area contributed by atoms with E-state index < -0.39 is 23.5 Å². The number of anilines is 1. The zero-order valence-corrected chi connectivity index (χ0v) is 19.5. The van der Waals surface area contributed by atoms with Gasteiger partial charge in [0, 0.05) is 11.8 Å². The van der Waals surface area contributed by atoms with Gasteiger partial charge in [0.25, 0.3) is 11.7 Å². The normalized spacial score (nSPS) is 17.2. The zero-order chi connectivity index (χ0) is 24.6. The van der Waals surface area contributed by atoms with Crippen molar-refractivity contribution in [2.75, 3.05) is 19.1 Å². The van der Waals surface area contributed by atoms with Crippen molar-refractivity contribution in [2.45, 2.75) is 13.0 Å². The van der Waals surface area contributed by atoms with Crippen LogP contribution in [0.15, 0.2) is 66.2 Å². The SMILES string of the molecule is COc1cc(OC)c(/C(O)=C2\C(=O)C(=O)N(c3ccccc3C)C2c2ccc(O)cc2)cc1Cl. The Morgan fingerprint density at radius 3 is 2.24 bits per heavy atom. The Morgan fingerprint density at radius 2 is 1.62 bits per heavy atom. The number of amides is 1. The molecule has 0 bridgehead atoms. The number of hydrogen-bond donors (Lipinski definition) is 2. The van der Waals surface area contributed by atoms with E-state index in [4.69, 9.17) is 21.1 Å². The molecular formula is C26H22ClNO6. The van der Waals surface area contributed by atoms with E-state index in [2.05, 4.69) is 0 Å². The smallest absolute Gasteiger partial charge is 0.300 e. The number of nitrogens with zero attached hydrogens (tertiary/aromatic N) is 1. The molecule has 3 aromatic carbocycles. The Labute approximate surface area is 201 Å². The van der Waals surface area contributed by atoms with Gasteiger partial charge in [-0.3, -0.25) is 14.5 Å². The number of aromatic hydroxyl groups is 1. The van der Waals surface area contributed by atoms with Crippen LogP contribution >= 0.6 is 11.6 Å². The Morgan fingerprint density at radius 1 is 0.971 bits per heavy atom. The van der Waals surface area contributed by atoms with E-state index in [9.17, 15) is 19.8 Å². The van der Waals surface area contributed by atoms with E-state index in [0.29, 0.717) is 17.0 Å². The van der Waals surface area contributed by atoms with E-state index in [1.165, 1.54) is 43.4 Å². The van der Waals surface area contributed by atoms with Crippen LogP contribution in [-0.4, -0.2) is 36.1 Å². The summed E-state index contributed by atoms with van der Waals surface area (Å²) in [5.74, 6) is -1.51. The Bertz CT molecular complexity index is 1320. The second-order valence-corrected chi connectivity index (χ2v) is 8.14. The predicted molar refractivity (Wildman–Crippen MR) is 129 cm³/mol. The first kappa shape index (κ1) is 23.2. The average molecular weight is 480 g/mol. The number of aryl methyl sites for hydroxylation is 1. The van der Waals surface area contributed by atoms with Crippen LogP contribution in [0.25, 0.3) is 5.76 Å². The molecule has 0 radical (unpaired) electrons. The average Bonchev–Trinajstić information content (AvgIpc) is 3.09. The third-order valence-electron chi connectivity index (χ3n) is 5.76. The van der Waals surface area contributed by atoms with Crippen molar-refractivity contribution in [3.63, 3.8) is 0 Å². The maximum Gasteiger partial charge on any atom is 0.300 e. The quantitative estimate of drug-likeness (QED) is 0.304. The zero-order valence-electron chi connectivity index (χ0n) is 18.7. The minimum Gasteiger partial charge on any atom is -0.508 e. The summed E-state index contributed by atoms with van der Waals surface area (Å²) in [6.07, 6.45) is 0. The van der Waals surface area contributed by atoms with Crippen LogP contribution in [0.1, 0.15) is 22.7 Å². The molecule has 0 saturated carbocycles. The van der Waals surface area contributed by atoms with Crippen LogP contribution in [0, 0.1) is 6.92 Å². The minimum atomic E-state index is -0.952. The maximum absolute atomic E-state index is 13.3. The molecule has 1 unspecified atom stereocenters. The molecule has 1 heterocycles. The van der Waals surface area contributed by atoms with Gasteiger partial charge in [0.05, 0.1) is 36.4 Å². The number of carbonyl (C=O) groups excluding carboxylic acids is 2. The van der Waals surface area contributed by atoms with Crippen molar-refractivity contribution in [1.82, 2.24) is 0 Å². The lowest BCUT2D eigenvalue weighted by atomic mass is 9.94. The van der Waals surface area contributed by atoms with Crippen LogP contribution in [0.4, 0.5) is 5.69 Å². The number of rotatable bonds is 5. The number of Topliss-reactive ketones (excluding diaryl/α,β-unsaturated/α-hetero) is 1. The molecule has 2 N–H and O–H groups in total. The molecule has 7 nitrogen and oxygen atoms in total. The fourth-order valence-electron chi connectivity index (χ4n) is 4.08. The van der Waals surface area contributed by atoms with Crippen molar-refractivity contribution >= 4 is 34.7 Å². The van der Waals surface area contributed by atoms with Gasteiger partial charge >= 0.3 is 0 Å². The highest BCUT2D eigenvalue weighted by Gasteiger charge is 2.47. The number of halogens is 1. The predicted octanol–water partition coefficient (Wildman–Crippen LogP) is 5.00. The van der Waals surface area contributed by atoms with Crippen LogP contribution in [-0.2, 0) is 9.59 Å². The van der Waals surface area contributed by atoms with Gasteiger partial charge in [-0.05, 0) is 42.3 Å². The molecule has 34 heavy (non-hydrogen) atoms. The number of ketones is 1. The summed E-state index contributed by atoms with van der Waals surface area (Å²) >= 11 is 6.29. The molecule has 8 heteroatoms. The molecule has 1 saturated heterocycles. The van der Waals surface area contributed by atoms with Gasteiger partial charge in [-0.2, -0.15) is 0 Å². The molecular weight excluding hydrogens is 458 g/mol. The number of aliphatic hydroxyl groups excluding tert-OH is 1. The second-order valence-electron chi connectivity index (χ2n) is 7.73. The monoisotopic (exact) mass is 479 g/mol. The summed E-state index contributed by atoms with van der Waals surface area (Å²) in [5.41, 5.74) is 1.85. The number of carbonyl (C=O) groups is 2. The first-order chi connectivity index (χ1) is 16.3. The van der Waals surface area contributed by atoms with Gasteiger partial charge in [-0.15, -0.1) is 0 Å². The van der Waals surface area contributed by atoms with Gasteiger partial charge in [0.2, 0.25) is 0 Å². The topological polar surface area (TPSA) is 96.3 Å². The first-order valence-electron chi connectivity index (χ1n) is 10.4. The van der Waals surface area contributed by atoms with E-state index in [1.54, 1.807) is 24.3 Å². The number of methoxy groups -OCH3 is 2. The number of aliphatic hydroxyl groups is 1. The van der Waals surface area contributed by atoms with E-state index in [-0.39, 0.29) is 27.7 Å². The molecule has 0 aromatic heterocycles. The number of phenolic OH excluding ortho intramolecular Hbond substituents is 1. The number of hydrogen-bond acceptors (Lipinski definition) is 6. The van der Waals surface area contributed by atoms with Crippen LogP contribution in [0.3, 0.4) is 0 Å². The van der Waals surface area contributed by atoms with Gasteiger partial charge in [0.1, 0.15) is 23.0 Å². The molecule has 3 aromatic rings. The molecule has 1 aliphatic heterocycles. The Kier molecular flexibility index (Phi) is 6.22. The van der Waals surface area contributed by atoms with Gasteiger partial charge in [-0.25, -0.2) is 0 Å². The van der Waals surface area contributed by atoms with E-state index >= 15 is 0 Å². The van der Waals surface area contributed by atoms with Gasteiger partial charge < -0.3 is 19.7 Å². The Hall–Kier alpha value is -3.97. The lowest BCUT2D eigenvalue weighted by Gasteiger charge is -2.27. The fraction of sp³-hybridized carbons (Fsp3) is 0.154. The third-order valence-corrected chi connectivity index (χ3v) is 6.05. The van der Waals surface area contributed by atoms with Crippen LogP contribution in [0.2, 0.25) is 5.02 Å². The highest BCUT2D eigenvalue weighted by atomic mass is 35.5. The lowest BCUT2D eigenvalue weighted by molar-refractivity contribution is -0.132. The van der Waals surface area contributed by atoms with Crippen LogP contribution < -0.4 is 14.4 Å². The molecule has 1 fully saturated rings. The van der Waals surface area contributed by atoms with Crippen molar-refractivity contribution in [1.29, 1.82) is 0 Å². The molecule has 0 aliphatic carbocycles. The summed E-state index contributed by atoms with van der Waals surface area (Å²) in [6, 6.07) is 15.2. The molecule has 1 aliphatic rings. The van der Waals surface area contributed by atoms with Gasteiger partial charge in [-0.1, -0.05) is 41.9 Å². The molecule has 4 rings (SSSR count). The van der Waals surface area contributed by atoms with Crippen molar-refractivity contribution in [2.24, 2.45) is 0 Å². The summed E-state index contributed by atoms with van der Waals surface area (Å²) < 4.78 is 10.6. The highest BCUT2D eigenvalue weighted by Crippen LogP contribution is 2.45. The van der Waals surface area contributed by atoms with E-state index in [1.807, 2.05) is 19.1 Å². The Balaban J connectivity index is 2.00. The van der Waals surface area contributed by atoms with E-state index in [0.717, 1.165) is 5.56 Å². The van der Waals surface area contributed by atoms with Crippen molar-refractivity contribution in [3.05, 3.63) is 87.9 Å². The summed E-state index contributed by atoms with van der Waals surface area (Å²) in [4.78, 5) is 28.0. The molecule has 0 spiro atoms. The summed E-state index contributed by atoms with van der Waals surface area (Å²) in [5, 5.41) is 21.4. The highest BCUT2D eigenvalue weighted by molar-refractivity contribution is 6.52. The standard InChI is InChI=1S/C26H22ClNO6/c1-14-6-4-5-7-19(14)28-23(15-8-10-16(29)11-9-15)22(25(31)26(28)32)24(30)17-12-18(27)21(34-3)13-20(17)33-2/h4-13,23,29-30H,1-3H3/b24-22+. The number of para-hydroxylation sites is 1. The lowest BCUT2D eigenvalue weighted by Crippen LogP contribution is -2.30. The number of phenols is 1. The first-order valence-corrected chi connectivity index (χ1v) is 10.7. The van der Waals surface area contributed by atoms with Crippen molar-refractivity contribution < 1.29 is 29.3 Å². The van der Waals surface area contributed by atoms with Crippen LogP contribution in [0.5, 0.6) is 17.2 Å². The largest absolute Gasteiger partial charge is 0.508 e. The molecule has 1 atom stereocenters. The summed E-state index contributed by atoms with van der Waals surface area (Å²) in [6.45, 7) is 1.83.